The van der Waals surface area contributed by atoms with Crippen LogP contribution in [-0.2, 0) is 4.79 Å². The van der Waals surface area contributed by atoms with Crippen molar-refractivity contribution in [2.45, 2.75) is 26.7 Å². The van der Waals surface area contributed by atoms with Crippen LogP contribution < -0.4 is 0 Å². The number of imide groups is 1. The smallest absolute Gasteiger partial charge is 0.272 e. The van der Waals surface area contributed by atoms with Crippen molar-refractivity contribution in [3.8, 4) is 0 Å². The molecule has 1 heterocycles. The lowest BCUT2D eigenvalue weighted by Crippen LogP contribution is -2.22. The van der Waals surface area contributed by atoms with E-state index in [1.54, 1.807) is 0 Å². The molecule has 0 aromatic heterocycles. The lowest BCUT2D eigenvalue weighted by Gasteiger charge is -2.04. The average Bonchev–Trinajstić information content (AvgIpc) is 2.34. The minimum Gasteiger partial charge on any atom is -0.272 e. The lowest BCUT2D eigenvalue weighted by molar-refractivity contribution is -0.121. The number of nitrogens with zero attached hydrogens (tertiary/aromatic N) is 1. The van der Waals surface area contributed by atoms with Crippen molar-refractivity contribution >= 4 is 22.9 Å². The van der Waals surface area contributed by atoms with Crippen LogP contribution in [0.15, 0.2) is 11.0 Å². The van der Waals surface area contributed by atoms with Gasteiger partial charge in [-0.15, -0.1) is 0 Å². The fraction of sp³-hybridized carbons (Fsp3) is 0.600. The average molecular weight is 213 g/mol. The number of amides is 2. The van der Waals surface area contributed by atoms with Gasteiger partial charge in [0.15, 0.2) is 0 Å². The summed E-state index contributed by atoms with van der Waals surface area (Å²) in [6.07, 6.45) is 4.04. The van der Waals surface area contributed by atoms with Crippen molar-refractivity contribution < 1.29 is 9.59 Å². The zero-order valence-corrected chi connectivity index (χ0v) is 9.56. The van der Waals surface area contributed by atoms with Crippen molar-refractivity contribution in [2.75, 3.05) is 7.05 Å². The molecule has 0 aromatic carbocycles. The predicted molar refractivity (Wildman–Crippen MR) is 57.9 cm³/mol. The van der Waals surface area contributed by atoms with Gasteiger partial charge in [0, 0.05) is 7.05 Å². The molecule has 0 saturated carbocycles. The summed E-state index contributed by atoms with van der Waals surface area (Å²) in [5.41, 5.74) is 0. The second kappa shape index (κ2) is 4.64. The Morgan fingerprint density at radius 3 is 2.57 bits per heavy atom. The standard InChI is InChI=1S/C10H15NO2S/c1-4-5-7(2)6-8-9(12)11(3)10(13)14-8/h6-7H,4-5H2,1-3H3/b8-6+. The predicted octanol–water partition coefficient (Wildman–Crippen LogP) is 2.63. The normalized spacial score (nSPS) is 22.2. The molecule has 0 aromatic rings. The fourth-order valence-corrected chi connectivity index (χ4v) is 2.29. The molecule has 4 heteroatoms. The van der Waals surface area contributed by atoms with Gasteiger partial charge in [-0.1, -0.05) is 26.3 Å². The van der Waals surface area contributed by atoms with Crippen LogP contribution in [-0.4, -0.2) is 23.1 Å². The van der Waals surface area contributed by atoms with Gasteiger partial charge in [0.1, 0.15) is 0 Å². The topological polar surface area (TPSA) is 37.4 Å². The first-order valence-electron chi connectivity index (χ1n) is 4.78. The number of hydrogen-bond donors (Lipinski definition) is 0. The largest absolute Gasteiger partial charge is 0.293 e. The van der Waals surface area contributed by atoms with E-state index in [0.717, 1.165) is 29.5 Å². The van der Waals surface area contributed by atoms with Crippen LogP contribution in [0.2, 0.25) is 0 Å². The molecule has 1 saturated heterocycles. The van der Waals surface area contributed by atoms with Crippen molar-refractivity contribution in [1.82, 2.24) is 4.90 Å². The summed E-state index contributed by atoms with van der Waals surface area (Å²) in [5.74, 6) is 0.203. The van der Waals surface area contributed by atoms with Crippen LogP contribution in [0.3, 0.4) is 0 Å². The molecule has 1 fully saturated rings. The molecular formula is C10H15NO2S. The summed E-state index contributed by atoms with van der Waals surface area (Å²) < 4.78 is 0. The monoisotopic (exact) mass is 213 g/mol. The van der Waals surface area contributed by atoms with E-state index >= 15 is 0 Å². The Kier molecular flexibility index (Phi) is 3.75. The molecule has 0 spiro atoms. The third kappa shape index (κ3) is 2.38. The SMILES string of the molecule is CCCC(C)/C=C1/SC(=O)N(C)C1=O. The van der Waals surface area contributed by atoms with Gasteiger partial charge < -0.3 is 0 Å². The molecule has 3 nitrogen and oxygen atoms in total. The molecule has 0 bridgehead atoms. The van der Waals surface area contributed by atoms with Crippen molar-refractivity contribution in [3.63, 3.8) is 0 Å². The maximum absolute atomic E-state index is 11.5. The highest BCUT2D eigenvalue weighted by Gasteiger charge is 2.31. The Labute approximate surface area is 88.5 Å². The van der Waals surface area contributed by atoms with Gasteiger partial charge >= 0.3 is 0 Å². The number of allylic oxidation sites excluding steroid dienone is 1. The minimum atomic E-state index is -0.176. The Hall–Kier alpha value is -0.770. The van der Waals surface area contributed by atoms with E-state index in [9.17, 15) is 9.59 Å². The zero-order chi connectivity index (χ0) is 10.7. The maximum Gasteiger partial charge on any atom is 0.293 e. The van der Waals surface area contributed by atoms with Gasteiger partial charge in [-0.25, -0.2) is 0 Å². The van der Waals surface area contributed by atoms with Gasteiger partial charge in [0.2, 0.25) is 0 Å². The summed E-state index contributed by atoms with van der Waals surface area (Å²) >= 11 is 1.03. The number of likely N-dealkylation sites (N-methyl/N-ethyl adjacent to an activating group) is 1. The van der Waals surface area contributed by atoms with Crippen LogP contribution in [0.5, 0.6) is 0 Å². The number of thioether (sulfide) groups is 1. The maximum atomic E-state index is 11.5. The minimum absolute atomic E-state index is 0.164. The van der Waals surface area contributed by atoms with Crippen LogP contribution in [0.4, 0.5) is 4.79 Å². The summed E-state index contributed by atoms with van der Waals surface area (Å²) in [4.78, 5) is 24.4. The number of rotatable bonds is 3. The summed E-state index contributed by atoms with van der Waals surface area (Å²) in [6.45, 7) is 4.17. The number of carbonyl (C=O) groups excluding carboxylic acids is 2. The molecule has 1 aliphatic heterocycles. The zero-order valence-electron chi connectivity index (χ0n) is 8.74. The summed E-state index contributed by atoms with van der Waals surface area (Å²) in [6, 6.07) is 0. The van der Waals surface area contributed by atoms with Crippen LogP contribution >= 0.6 is 11.8 Å². The highest BCUT2D eigenvalue weighted by Crippen LogP contribution is 2.30. The molecule has 0 radical (unpaired) electrons. The molecule has 1 aliphatic rings. The molecule has 2 amide bonds. The van der Waals surface area contributed by atoms with Gasteiger partial charge in [-0.05, 0) is 24.1 Å². The molecule has 1 unspecified atom stereocenters. The summed E-state index contributed by atoms with van der Waals surface area (Å²) in [7, 11) is 1.52. The molecule has 14 heavy (non-hydrogen) atoms. The van der Waals surface area contributed by atoms with E-state index < -0.39 is 0 Å². The fourth-order valence-electron chi connectivity index (χ4n) is 1.36. The number of carbonyl (C=O) groups is 2. The summed E-state index contributed by atoms with van der Waals surface area (Å²) in [5, 5.41) is -0.176. The van der Waals surface area contributed by atoms with Crippen molar-refractivity contribution in [3.05, 3.63) is 11.0 Å². The molecule has 0 N–H and O–H groups in total. The molecule has 0 aliphatic carbocycles. The van der Waals surface area contributed by atoms with Crippen LogP contribution in [0.1, 0.15) is 26.7 Å². The first-order chi connectivity index (χ1) is 6.56. The van der Waals surface area contributed by atoms with E-state index in [0.29, 0.717) is 10.8 Å². The van der Waals surface area contributed by atoms with Gasteiger partial charge in [-0.3, -0.25) is 14.5 Å². The Morgan fingerprint density at radius 1 is 1.50 bits per heavy atom. The van der Waals surface area contributed by atoms with Crippen molar-refractivity contribution in [2.24, 2.45) is 5.92 Å². The van der Waals surface area contributed by atoms with E-state index in [1.807, 2.05) is 6.08 Å². The Morgan fingerprint density at radius 2 is 2.14 bits per heavy atom. The van der Waals surface area contributed by atoms with E-state index in [-0.39, 0.29) is 11.1 Å². The lowest BCUT2D eigenvalue weighted by atomic mass is 10.1. The molecule has 78 valence electrons. The first-order valence-corrected chi connectivity index (χ1v) is 5.59. The molecule has 1 atom stereocenters. The quantitative estimate of drug-likeness (QED) is 0.676. The van der Waals surface area contributed by atoms with Gasteiger partial charge in [0.05, 0.1) is 4.91 Å². The van der Waals surface area contributed by atoms with Crippen molar-refractivity contribution in [1.29, 1.82) is 0 Å². The second-order valence-corrected chi connectivity index (χ2v) is 4.52. The Bertz CT molecular complexity index is 286. The van der Waals surface area contributed by atoms with E-state index in [1.165, 1.54) is 7.05 Å². The van der Waals surface area contributed by atoms with Crippen LogP contribution in [0.25, 0.3) is 0 Å². The highest BCUT2D eigenvalue weighted by atomic mass is 32.2. The van der Waals surface area contributed by atoms with Crippen LogP contribution in [0, 0.1) is 5.92 Å². The van der Waals surface area contributed by atoms with E-state index in [2.05, 4.69) is 13.8 Å². The third-order valence-electron chi connectivity index (χ3n) is 2.17. The number of hydrogen-bond acceptors (Lipinski definition) is 3. The second-order valence-electron chi connectivity index (χ2n) is 3.53. The van der Waals surface area contributed by atoms with E-state index in [4.69, 9.17) is 0 Å². The first kappa shape index (κ1) is 11.3. The van der Waals surface area contributed by atoms with Gasteiger partial charge in [-0.2, -0.15) is 0 Å². The Balaban J connectivity index is 2.70. The highest BCUT2D eigenvalue weighted by molar-refractivity contribution is 8.18. The van der Waals surface area contributed by atoms with Gasteiger partial charge in [0.25, 0.3) is 11.1 Å². The third-order valence-corrected chi connectivity index (χ3v) is 3.15. The molecule has 1 rings (SSSR count). The molecular weight excluding hydrogens is 198 g/mol.